The third-order valence-electron chi connectivity index (χ3n) is 4.17. The van der Waals surface area contributed by atoms with Crippen LogP contribution in [0.1, 0.15) is 23.8 Å². The second-order valence-corrected chi connectivity index (χ2v) is 8.19. The van der Waals surface area contributed by atoms with Crippen LogP contribution < -0.4 is 20.6 Å². The molecule has 3 rings (SSSR count). The highest BCUT2D eigenvalue weighted by Crippen LogP contribution is 2.24. The van der Waals surface area contributed by atoms with E-state index < -0.39 is 38.5 Å². The lowest BCUT2D eigenvalue weighted by Crippen LogP contribution is -2.42. The van der Waals surface area contributed by atoms with Gasteiger partial charge in [-0.05, 0) is 24.6 Å². The molecule has 0 bridgehead atoms. The van der Waals surface area contributed by atoms with E-state index in [0.717, 1.165) is 22.9 Å². The number of amides is 1. The lowest BCUT2D eigenvalue weighted by Gasteiger charge is -2.13. The van der Waals surface area contributed by atoms with Gasteiger partial charge in [-0.25, -0.2) is 13.1 Å². The number of halogens is 3. The van der Waals surface area contributed by atoms with Crippen LogP contribution in [-0.4, -0.2) is 30.5 Å². The molecule has 0 fully saturated rings. The molecule has 1 aromatic heterocycles. The van der Waals surface area contributed by atoms with E-state index in [4.69, 9.17) is 0 Å². The molecule has 2 N–H and O–H groups in total. The predicted molar refractivity (Wildman–Crippen MR) is 107 cm³/mol. The van der Waals surface area contributed by atoms with Crippen molar-refractivity contribution in [3.8, 4) is 5.75 Å². The van der Waals surface area contributed by atoms with Gasteiger partial charge in [0.05, 0.1) is 10.3 Å². The van der Waals surface area contributed by atoms with Gasteiger partial charge in [0.25, 0.3) is 21.5 Å². The SMILES string of the molecule is CCCn1nc(C(=O)NNS(=O)(=O)c2cccc(OC(F)(F)F)c2)c2ccccc2c1=O. The Kier molecular flexibility index (Phi) is 6.50. The highest BCUT2D eigenvalue weighted by molar-refractivity contribution is 7.89. The van der Waals surface area contributed by atoms with Crippen molar-refractivity contribution < 1.29 is 31.1 Å². The summed E-state index contributed by atoms with van der Waals surface area (Å²) in [6.45, 7) is 2.05. The van der Waals surface area contributed by atoms with Gasteiger partial charge in [0.1, 0.15) is 5.75 Å². The number of benzene rings is 2. The van der Waals surface area contributed by atoms with Gasteiger partial charge in [-0.1, -0.05) is 31.2 Å². The fourth-order valence-corrected chi connectivity index (χ4v) is 3.71. The van der Waals surface area contributed by atoms with Gasteiger partial charge < -0.3 is 4.74 Å². The van der Waals surface area contributed by atoms with Crippen LogP contribution in [0.15, 0.2) is 58.2 Å². The zero-order valence-corrected chi connectivity index (χ0v) is 17.3. The molecule has 13 heteroatoms. The molecule has 9 nitrogen and oxygen atoms in total. The van der Waals surface area contributed by atoms with Crippen molar-refractivity contribution in [3.05, 3.63) is 64.6 Å². The van der Waals surface area contributed by atoms with Crippen molar-refractivity contribution in [1.29, 1.82) is 0 Å². The minimum absolute atomic E-state index is 0.203. The first kappa shape index (κ1) is 23.2. The monoisotopic (exact) mass is 470 g/mol. The Morgan fingerprint density at radius 2 is 1.81 bits per heavy atom. The number of hydrogen-bond donors (Lipinski definition) is 2. The molecule has 0 saturated heterocycles. The second kappa shape index (κ2) is 8.96. The molecule has 0 atom stereocenters. The van der Waals surface area contributed by atoms with E-state index in [2.05, 4.69) is 9.84 Å². The fourth-order valence-electron chi connectivity index (χ4n) is 2.84. The van der Waals surface area contributed by atoms with Gasteiger partial charge in [-0.3, -0.25) is 15.0 Å². The lowest BCUT2D eigenvalue weighted by molar-refractivity contribution is -0.274. The van der Waals surface area contributed by atoms with Crippen molar-refractivity contribution in [2.75, 3.05) is 0 Å². The Bertz CT molecular complexity index is 1320. The number of sulfonamides is 1. The number of alkyl halides is 3. The molecule has 0 aliphatic carbocycles. The average Bonchev–Trinajstić information content (AvgIpc) is 2.73. The average molecular weight is 470 g/mol. The molecular weight excluding hydrogens is 453 g/mol. The molecule has 1 amide bonds. The van der Waals surface area contributed by atoms with Crippen LogP contribution in [0, 0.1) is 0 Å². The third kappa shape index (κ3) is 5.23. The summed E-state index contributed by atoms with van der Waals surface area (Å²) in [6.07, 6.45) is -4.44. The summed E-state index contributed by atoms with van der Waals surface area (Å²) in [5.74, 6) is -1.71. The minimum Gasteiger partial charge on any atom is -0.406 e. The maximum Gasteiger partial charge on any atom is 0.573 e. The molecule has 170 valence electrons. The molecule has 0 radical (unpaired) electrons. The zero-order chi connectivity index (χ0) is 23.5. The number of aromatic nitrogens is 2. The van der Waals surface area contributed by atoms with E-state index in [1.807, 2.05) is 12.3 Å². The summed E-state index contributed by atoms with van der Waals surface area (Å²) in [5, 5.41) is 4.46. The summed E-state index contributed by atoms with van der Waals surface area (Å²) < 4.78 is 66.8. The lowest BCUT2D eigenvalue weighted by atomic mass is 10.1. The molecule has 32 heavy (non-hydrogen) atoms. The Labute approximate surface area is 179 Å². The summed E-state index contributed by atoms with van der Waals surface area (Å²) in [7, 11) is -4.45. The van der Waals surface area contributed by atoms with Crippen LogP contribution in [0.25, 0.3) is 10.8 Å². The maximum absolute atomic E-state index is 12.7. The van der Waals surface area contributed by atoms with E-state index in [1.165, 1.54) is 12.1 Å². The first-order valence-electron chi connectivity index (χ1n) is 9.19. The quantitative estimate of drug-likeness (QED) is 0.512. The van der Waals surface area contributed by atoms with Crippen molar-refractivity contribution >= 4 is 26.7 Å². The van der Waals surface area contributed by atoms with Crippen molar-refractivity contribution in [1.82, 2.24) is 20.0 Å². The van der Waals surface area contributed by atoms with Crippen LogP contribution in [0.5, 0.6) is 5.75 Å². The first-order chi connectivity index (χ1) is 15.0. The first-order valence-corrected chi connectivity index (χ1v) is 10.7. The van der Waals surface area contributed by atoms with Crippen LogP contribution >= 0.6 is 0 Å². The van der Waals surface area contributed by atoms with Crippen LogP contribution in [-0.2, 0) is 16.6 Å². The molecular formula is C19H17F3N4O5S. The maximum atomic E-state index is 12.7. The topological polar surface area (TPSA) is 119 Å². The summed E-state index contributed by atoms with van der Waals surface area (Å²) in [5.41, 5.74) is 1.36. The molecule has 1 heterocycles. The minimum atomic E-state index is -5.00. The van der Waals surface area contributed by atoms with E-state index in [1.54, 1.807) is 17.0 Å². The number of carbonyl (C=O) groups excluding carboxylic acids is 1. The number of nitrogens with zero attached hydrogens (tertiary/aromatic N) is 2. The number of nitrogens with one attached hydrogen (secondary N) is 2. The van der Waals surface area contributed by atoms with E-state index in [-0.39, 0.29) is 23.0 Å². The zero-order valence-electron chi connectivity index (χ0n) is 16.5. The largest absolute Gasteiger partial charge is 0.573 e. The van der Waals surface area contributed by atoms with Gasteiger partial charge >= 0.3 is 6.36 Å². The number of carbonyl (C=O) groups is 1. The number of hydrogen-bond acceptors (Lipinski definition) is 6. The Balaban J connectivity index is 1.87. The smallest absolute Gasteiger partial charge is 0.406 e. The number of fused-ring (bicyclic) bond motifs is 1. The van der Waals surface area contributed by atoms with Gasteiger partial charge in [-0.15, -0.1) is 18.0 Å². The number of hydrazine groups is 1. The van der Waals surface area contributed by atoms with Gasteiger partial charge in [0.2, 0.25) is 0 Å². The Morgan fingerprint density at radius 1 is 1.12 bits per heavy atom. The van der Waals surface area contributed by atoms with Crippen molar-refractivity contribution in [2.24, 2.45) is 0 Å². The molecule has 0 unspecified atom stereocenters. The molecule has 2 aromatic carbocycles. The highest BCUT2D eigenvalue weighted by atomic mass is 32.2. The molecule has 0 spiro atoms. The van der Waals surface area contributed by atoms with E-state index >= 15 is 0 Å². The number of aryl methyl sites for hydroxylation is 1. The van der Waals surface area contributed by atoms with Crippen LogP contribution in [0.2, 0.25) is 0 Å². The van der Waals surface area contributed by atoms with Crippen LogP contribution in [0.4, 0.5) is 13.2 Å². The number of ether oxygens (including phenoxy) is 1. The van der Waals surface area contributed by atoms with Gasteiger partial charge in [0.15, 0.2) is 5.69 Å². The summed E-state index contributed by atoms with van der Waals surface area (Å²) in [4.78, 5) is 26.4. The molecule has 0 aliphatic rings. The third-order valence-corrected chi connectivity index (χ3v) is 5.41. The normalized spacial score (nSPS) is 12.0. The molecule has 3 aromatic rings. The fraction of sp³-hybridized carbons (Fsp3) is 0.211. The van der Waals surface area contributed by atoms with Crippen molar-refractivity contribution in [3.63, 3.8) is 0 Å². The molecule has 0 saturated carbocycles. The molecule has 0 aliphatic heterocycles. The van der Waals surface area contributed by atoms with Crippen LogP contribution in [0.3, 0.4) is 0 Å². The standard InChI is InChI=1S/C19H17F3N4O5S/c1-2-10-26-18(28)15-9-4-3-8-14(15)16(24-26)17(27)23-25-32(29,30)13-7-5-6-12(11-13)31-19(20,21)22/h3-9,11,25H,2,10H2,1H3,(H,23,27). The van der Waals surface area contributed by atoms with Gasteiger partial charge in [-0.2, -0.15) is 5.10 Å². The van der Waals surface area contributed by atoms with Crippen molar-refractivity contribution in [2.45, 2.75) is 31.1 Å². The Hall–Kier alpha value is -3.45. The number of rotatable bonds is 7. The summed E-state index contributed by atoms with van der Waals surface area (Å²) >= 11 is 0. The summed E-state index contributed by atoms with van der Waals surface area (Å²) in [6, 6.07) is 9.84. The second-order valence-electron chi connectivity index (χ2n) is 6.50. The highest BCUT2D eigenvalue weighted by Gasteiger charge is 2.31. The predicted octanol–water partition coefficient (Wildman–Crippen LogP) is 2.33. The van der Waals surface area contributed by atoms with E-state index in [9.17, 15) is 31.2 Å². The Morgan fingerprint density at radius 3 is 2.47 bits per heavy atom. The van der Waals surface area contributed by atoms with E-state index in [0.29, 0.717) is 12.5 Å². The van der Waals surface area contributed by atoms with Gasteiger partial charge in [0, 0.05) is 18.0 Å².